The highest BCUT2D eigenvalue weighted by Gasteiger charge is 2.16. The van der Waals surface area contributed by atoms with Crippen LogP contribution in [0.25, 0.3) is 0 Å². The van der Waals surface area contributed by atoms with E-state index in [1.165, 1.54) is 55.2 Å². The molecule has 0 heterocycles. The van der Waals surface area contributed by atoms with Crippen LogP contribution < -0.4 is 0 Å². The Hall–Kier alpha value is -2.59. The summed E-state index contributed by atoms with van der Waals surface area (Å²) >= 11 is 0. The lowest BCUT2D eigenvalue weighted by Gasteiger charge is -2.22. The fourth-order valence-electron chi connectivity index (χ4n) is 4.05. The van der Waals surface area contributed by atoms with E-state index < -0.39 is 0 Å². The molecule has 1 atom stereocenters. The minimum atomic E-state index is 0.685. The molecule has 0 spiro atoms. The van der Waals surface area contributed by atoms with Crippen molar-refractivity contribution in [2.24, 2.45) is 0 Å². The quantitative estimate of drug-likeness (QED) is 0.336. The van der Waals surface area contributed by atoms with Crippen LogP contribution >= 0.6 is 0 Å². The van der Waals surface area contributed by atoms with Crippen molar-refractivity contribution < 1.29 is 0 Å². The summed E-state index contributed by atoms with van der Waals surface area (Å²) in [6, 6.07) is 19.4. The lowest BCUT2D eigenvalue weighted by atomic mass is 9.83. The Morgan fingerprint density at radius 2 is 1.61 bits per heavy atom. The molecule has 144 valence electrons. The highest BCUT2D eigenvalue weighted by atomic mass is 14.2. The zero-order chi connectivity index (χ0) is 19.6. The van der Waals surface area contributed by atoms with Gasteiger partial charge in [0.2, 0.25) is 0 Å². The highest BCUT2D eigenvalue weighted by Crippen LogP contribution is 2.34. The van der Waals surface area contributed by atoms with Crippen LogP contribution in [-0.2, 0) is 12.8 Å². The van der Waals surface area contributed by atoms with Gasteiger partial charge in [0, 0.05) is 0 Å². The summed E-state index contributed by atoms with van der Waals surface area (Å²) in [5.74, 6) is 0.685. The second kappa shape index (κ2) is 10.7. The van der Waals surface area contributed by atoms with E-state index in [0.29, 0.717) is 5.92 Å². The van der Waals surface area contributed by atoms with Crippen LogP contribution in [0, 0.1) is 11.3 Å². The van der Waals surface area contributed by atoms with Crippen LogP contribution in [0.15, 0.2) is 72.8 Å². The van der Waals surface area contributed by atoms with Crippen molar-refractivity contribution in [3.63, 3.8) is 0 Å². The molecule has 1 aliphatic carbocycles. The van der Waals surface area contributed by atoms with E-state index in [9.17, 15) is 0 Å². The molecule has 0 saturated heterocycles. The lowest BCUT2D eigenvalue weighted by molar-refractivity contribution is 0.576. The summed E-state index contributed by atoms with van der Waals surface area (Å²) in [4.78, 5) is 0. The average molecular weight is 370 g/mol. The maximum Gasteiger partial charge on any atom is 0.0991 e. The lowest BCUT2D eigenvalue weighted by Crippen LogP contribution is -2.05. The van der Waals surface area contributed by atoms with Gasteiger partial charge in [0.25, 0.3) is 0 Å². The maximum atomic E-state index is 8.89. The topological polar surface area (TPSA) is 23.8 Å². The zero-order valence-corrected chi connectivity index (χ0v) is 16.9. The summed E-state index contributed by atoms with van der Waals surface area (Å²) in [5.41, 5.74) is 6.57. The highest BCUT2D eigenvalue weighted by molar-refractivity contribution is 5.33. The van der Waals surface area contributed by atoms with E-state index in [1.54, 1.807) is 5.57 Å². The smallest absolute Gasteiger partial charge is 0.0991 e. The molecular formula is C27H31N. The van der Waals surface area contributed by atoms with Crippen molar-refractivity contribution in [1.82, 2.24) is 0 Å². The number of unbranched alkanes of at least 4 members (excludes halogenated alkanes) is 2. The molecular weight excluding hydrogens is 338 g/mol. The summed E-state index contributed by atoms with van der Waals surface area (Å²) in [6.45, 7) is 3.80. The predicted octanol–water partition coefficient (Wildman–Crippen LogP) is 7.28. The van der Waals surface area contributed by atoms with Crippen LogP contribution in [0.5, 0.6) is 0 Å². The van der Waals surface area contributed by atoms with Gasteiger partial charge in [-0.1, -0.05) is 54.1 Å². The van der Waals surface area contributed by atoms with Crippen molar-refractivity contribution in [1.29, 1.82) is 5.26 Å². The molecule has 1 heteroatoms. The molecule has 0 fully saturated rings. The van der Waals surface area contributed by atoms with E-state index in [-0.39, 0.29) is 0 Å². The normalized spacial score (nSPS) is 16.2. The molecule has 0 saturated carbocycles. The van der Waals surface area contributed by atoms with Crippen LogP contribution in [0.1, 0.15) is 73.1 Å². The van der Waals surface area contributed by atoms with Crippen molar-refractivity contribution >= 4 is 0 Å². The fraction of sp³-hybridized carbons (Fsp3) is 0.370. The third-order valence-corrected chi connectivity index (χ3v) is 5.90. The molecule has 1 aliphatic rings. The van der Waals surface area contributed by atoms with Crippen molar-refractivity contribution in [3.05, 3.63) is 95.1 Å². The van der Waals surface area contributed by atoms with Crippen molar-refractivity contribution in [2.45, 2.75) is 63.7 Å². The van der Waals surface area contributed by atoms with E-state index in [0.717, 1.165) is 24.8 Å². The molecule has 0 aromatic heterocycles. The van der Waals surface area contributed by atoms with Crippen molar-refractivity contribution in [3.8, 4) is 6.07 Å². The van der Waals surface area contributed by atoms with Crippen LogP contribution in [0.3, 0.4) is 0 Å². The van der Waals surface area contributed by atoms with Gasteiger partial charge in [0.15, 0.2) is 0 Å². The molecule has 3 rings (SSSR count). The van der Waals surface area contributed by atoms with Crippen molar-refractivity contribution in [2.75, 3.05) is 0 Å². The predicted molar refractivity (Wildman–Crippen MR) is 118 cm³/mol. The van der Waals surface area contributed by atoms with E-state index in [2.05, 4.69) is 55.1 Å². The largest absolute Gasteiger partial charge is 0.192 e. The maximum absolute atomic E-state index is 8.89. The molecule has 1 unspecified atom stereocenters. The number of nitriles is 1. The van der Waals surface area contributed by atoms with Gasteiger partial charge in [0.1, 0.15) is 0 Å². The Labute approximate surface area is 170 Å². The van der Waals surface area contributed by atoms with Gasteiger partial charge in [-0.25, -0.2) is 0 Å². The zero-order valence-electron chi connectivity index (χ0n) is 16.9. The second-order valence-corrected chi connectivity index (χ2v) is 7.92. The standard InChI is InChI=1S/C27H31N/c1-2-3-4-5-6-22-13-17-26(18-14-22)27-19-15-24(16-20-27)8-7-23-9-11-25(21-28)12-10-23/h2,9-13,15-16,19-20,26H,1,3-8,14,17-18H2. The Balaban J connectivity index is 1.47. The summed E-state index contributed by atoms with van der Waals surface area (Å²) in [5, 5.41) is 8.89. The monoisotopic (exact) mass is 369 g/mol. The van der Waals surface area contributed by atoms with Crippen LogP contribution in [-0.4, -0.2) is 0 Å². The average Bonchev–Trinajstić information content (AvgIpc) is 2.76. The molecule has 2 aromatic carbocycles. The Morgan fingerprint density at radius 3 is 2.18 bits per heavy atom. The van der Waals surface area contributed by atoms with E-state index in [4.69, 9.17) is 5.26 Å². The van der Waals surface area contributed by atoms with E-state index >= 15 is 0 Å². The number of allylic oxidation sites excluding steroid dienone is 3. The van der Waals surface area contributed by atoms with Gasteiger partial charge in [-0.3, -0.25) is 0 Å². The van der Waals surface area contributed by atoms with Gasteiger partial charge in [-0.2, -0.15) is 5.26 Å². The van der Waals surface area contributed by atoms with Crippen LogP contribution in [0.2, 0.25) is 0 Å². The first-order valence-electron chi connectivity index (χ1n) is 10.6. The number of benzene rings is 2. The van der Waals surface area contributed by atoms with Gasteiger partial charge in [-0.05, 0) is 92.5 Å². The third-order valence-electron chi connectivity index (χ3n) is 5.90. The first-order chi connectivity index (χ1) is 13.8. The molecule has 0 bridgehead atoms. The number of hydrogen-bond donors (Lipinski definition) is 0. The molecule has 28 heavy (non-hydrogen) atoms. The summed E-state index contributed by atoms with van der Waals surface area (Å²) in [7, 11) is 0. The number of hydrogen-bond acceptors (Lipinski definition) is 1. The van der Waals surface area contributed by atoms with Gasteiger partial charge < -0.3 is 0 Å². The van der Waals surface area contributed by atoms with Gasteiger partial charge in [0.05, 0.1) is 11.6 Å². The molecule has 0 radical (unpaired) electrons. The summed E-state index contributed by atoms with van der Waals surface area (Å²) < 4.78 is 0. The molecule has 2 aromatic rings. The Kier molecular flexibility index (Phi) is 7.68. The van der Waals surface area contributed by atoms with Gasteiger partial charge in [-0.15, -0.1) is 6.58 Å². The fourth-order valence-corrected chi connectivity index (χ4v) is 4.05. The molecule has 1 nitrogen and oxygen atoms in total. The first kappa shape index (κ1) is 20.2. The van der Waals surface area contributed by atoms with E-state index in [1.807, 2.05) is 18.2 Å². The SMILES string of the molecule is C=CCCCCC1=CCC(c2ccc(CCc3ccc(C#N)cc3)cc2)CC1. The Bertz CT molecular complexity index is 818. The minimum absolute atomic E-state index is 0.685. The van der Waals surface area contributed by atoms with Crippen LogP contribution in [0.4, 0.5) is 0 Å². The number of aryl methyl sites for hydroxylation is 2. The number of nitrogens with zero attached hydrogens (tertiary/aromatic N) is 1. The molecule has 0 N–H and O–H groups in total. The third kappa shape index (κ3) is 5.96. The minimum Gasteiger partial charge on any atom is -0.192 e. The Morgan fingerprint density at radius 1 is 0.929 bits per heavy atom. The van der Waals surface area contributed by atoms with Gasteiger partial charge >= 0.3 is 0 Å². The molecule has 0 amide bonds. The number of rotatable bonds is 9. The molecule has 0 aliphatic heterocycles. The first-order valence-corrected chi connectivity index (χ1v) is 10.6. The second-order valence-electron chi connectivity index (χ2n) is 7.92. The summed E-state index contributed by atoms with van der Waals surface area (Å²) in [6.07, 6.45) is 15.3.